The van der Waals surface area contributed by atoms with Crippen LogP contribution in [-0.4, -0.2) is 41.9 Å². The second-order valence-electron chi connectivity index (χ2n) is 9.50. The number of nitrogens with one attached hydrogen (secondary N) is 1. The summed E-state index contributed by atoms with van der Waals surface area (Å²) in [6.07, 6.45) is 5.64. The maximum atomic E-state index is 13.5. The van der Waals surface area contributed by atoms with Crippen molar-refractivity contribution in [1.82, 2.24) is 24.1 Å². The third-order valence-corrected chi connectivity index (χ3v) is 6.50. The molecule has 1 aliphatic heterocycles. The summed E-state index contributed by atoms with van der Waals surface area (Å²) in [6, 6.07) is 4.45. The van der Waals surface area contributed by atoms with E-state index in [4.69, 9.17) is 0 Å². The first-order valence-corrected chi connectivity index (χ1v) is 11.7. The van der Waals surface area contributed by atoms with E-state index >= 15 is 0 Å². The molecule has 9 nitrogen and oxygen atoms in total. The van der Waals surface area contributed by atoms with Crippen molar-refractivity contribution >= 4 is 23.3 Å². The molecular weight excluding hydrogens is 439 g/mol. The van der Waals surface area contributed by atoms with E-state index in [0.29, 0.717) is 23.5 Å². The molecule has 5 rings (SSSR count). The molecule has 1 N–H and O–H groups in total. The van der Waals surface area contributed by atoms with Crippen molar-refractivity contribution in [2.75, 3.05) is 5.32 Å². The van der Waals surface area contributed by atoms with E-state index in [1.165, 1.54) is 16.6 Å². The Balaban J connectivity index is 1.57. The highest BCUT2D eigenvalue weighted by atomic mass is 19.1. The van der Waals surface area contributed by atoms with Gasteiger partial charge in [0.1, 0.15) is 29.5 Å². The van der Waals surface area contributed by atoms with Gasteiger partial charge < -0.3 is 14.8 Å². The number of carbonyl (C=O) groups excluding carboxylic acids is 2. The van der Waals surface area contributed by atoms with Crippen molar-refractivity contribution in [1.29, 1.82) is 0 Å². The van der Waals surface area contributed by atoms with Crippen LogP contribution in [0.25, 0.3) is 5.65 Å². The Morgan fingerprint density at radius 3 is 2.68 bits per heavy atom. The molecule has 3 aromatic rings. The van der Waals surface area contributed by atoms with Gasteiger partial charge in [0.05, 0.1) is 24.0 Å². The Labute approximate surface area is 195 Å². The van der Waals surface area contributed by atoms with Crippen molar-refractivity contribution in [3.63, 3.8) is 0 Å². The van der Waals surface area contributed by atoms with Crippen molar-refractivity contribution in [2.24, 2.45) is 5.92 Å². The van der Waals surface area contributed by atoms with E-state index in [1.807, 2.05) is 0 Å². The lowest BCUT2D eigenvalue weighted by Crippen LogP contribution is -2.34. The molecule has 0 radical (unpaired) electrons. The van der Waals surface area contributed by atoms with E-state index in [9.17, 15) is 18.8 Å². The summed E-state index contributed by atoms with van der Waals surface area (Å²) in [5.74, 6) is -0.639. The van der Waals surface area contributed by atoms with Crippen molar-refractivity contribution in [3.8, 4) is 0 Å². The van der Waals surface area contributed by atoms with Gasteiger partial charge >= 0.3 is 0 Å². The average molecular weight is 467 g/mol. The van der Waals surface area contributed by atoms with Gasteiger partial charge in [0.15, 0.2) is 0 Å². The molecule has 2 amide bonds. The van der Waals surface area contributed by atoms with E-state index < -0.39 is 11.7 Å². The normalized spacial score (nSPS) is 16.1. The zero-order chi connectivity index (χ0) is 24.0. The van der Waals surface area contributed by atoms with Crippen molar-refractivity contribution in [2.45, 2.75) is 65.1 Å². The van der Waals surface area contributed by atoms with Gasteiger partial charge in [-0.15, -0.1) is 0 Å². The molecule has 2 aliphatic rings. The van der Waals surface area contributed by atoms with E-state index in [0.717, 1.165) is 37.6 Å². The molecular formula is C24H27FN6O3. The number of hydrogen-bond acceptors (Lipinski definition) is 5. The summed E-state index contributed by atoms with van der Waals surface area (Å²) in [6.45, 7) is 4.14. The van der Waals surface area contributed by atoms with Gasteiger partial charge in [-0.3, -0.25) is 14.4 Å². The fourth-order valence-corrected chi connectivity index (χ4v) is 5.00. The Morgan fingerprint density at radius 1 is 1.24 bits per heavy atom. The highest BCUT2D eigenvalue weighted by Crippen LogP contribution is 2.31. The predicted octanol–water partition coefficient (Wildman–Crippen LogP) is 2.77. The van der Waals surface area contributed by atoms with Gasteiger partial charge in [-0.1, -0.05) is 26.7 Å². The zero-order valence-electron chi connectivity index (χ0n) is 19.3. The summed E-state index contributed by atoms with van der Waals surface area (Å²) in [7, 11) is 0. The number of pyridine rings is 1. The molecule has 0 atom stereocenters. The summed E-state index contributed by atoms with van der Waals surface area (Å²) in [4.78, 5) is 45.4. The number of fused-ring (bicyclic) bond motifs is 2. The molecule has 0 spiro atoms. The first-order chi connectivity index (χ1) is 16.3. The molecule has 10 heteroatoms. The third kappa shape index (κ3) is 3.97. The molecule has 178 valence electrons. The third-order valence-electron chi connectivity index (χ3n) is 6.50. The Bertz CT molecular complexity index is 1320. The van der Waals surface area contributed by atoms with Crippen LogP contribution in [-0.2, 0) is 24.3 Å². The monoisotopic (exact) mass is 466 g/mol. The van der Waals surface area contributed by atoms with Gasteiger partial charge in [-0.05, 0) is 37.3 Å². The summed E-state index contributed by atoms with van der Waals surface area (Å²) in [5.41, 5.74) is 1.44. The van der Waals surface area contributed by atoms with Crippen LogP contribution in [0.2, 0.25) is 0 Å². The van der Waals surface area contributed by atoms with Crippen LogP contribution in [0.3, 0.4) is 0 Å². The second-order valence-corrected chi connectivity index (χ2v) is 9.50. The molecule has 0 bridgehead atoms. The molecule has 1 aliphatic carbocycles. The summed E-state index contributed by atoms with van der Waals surface area (Å²) < 4.78 is 16.1. The maximum Gasteiger partial charge on any atom is 0.280 e. The molecule has 1 saturated carbocycles. The lowest BCUT2D eigenvalue weighted by molar-refractivity contribution is -0.116. The highest BCUT2D eigenvalue weighted by Gasteiger charge is 2.39. The Hall–Kier alpha value is -3.56. The first-order valence-electron chi connectivity index (χ1n) is 11.7. The predicted molar refractivity (Wildman–Crippen MR) is 123 cm³/mol. The number of hydrogen-bond donors (Lipinski definition) is 1. The van der Waals surface area contributed by atoms with Gasteiger partial charge in [0, 0.05) is 12.1 Å². The minimum absolute atomic E-state index is 0.105. The standard InChI is InChI=1S/C24H27FN6O3/c1-14(2)9-16-10-21-30(13-20(32)27-19-8-7-15(25)11-26-19)22-18(23(33)31(21)28-16)12-29(24(22)34)17-5-3-4-6-17/h7-8,10-11,14,17H,3-6,9,12-13H2,1-2H3,(H,26,27,32). The minimum Gasteiger partial charge on any atom is -0.330 e. The SMILES string of the molecule is CC(C)Cc1cc2n(CC(=O)Nc3ccc(F)cn3)c3c(c(=O)n2n1)CN(C1CCCC1)C3=O. The zero-order valence-corrected chi connectivity index (χ0v) is 19.3. The number of carbonyl (C=O) groups is 2. The lowest BCUT2D eigenvalue weighted by Gasteiger charge is -2.23. The molecule has 0 unspecified atom stereocenters. The van der Waals surface area contributed by atoms with Crippen LogP contribution in [0.4, 0.5) is 10.2 Å². The molecule has 0 saturated heterocycles. The summed E-state index contributed by atoms with van der Waals surface area (Å²) in [5, 5.41) is 7.14. The van der Waals surface area contributed by atoms with Crippen molar-refractivity contribution in [3.05, 3.63) is 57.5 Å². The fourth-order valence-electron chi connectivity index (χ4n) is 5.00. The summed E-state index contributed by atoms with van der Waals surface area (Å²) >= 11 is 0. The molecule has 34 heavy (non-hydrogen) atoms. The number of nitrogens with zero attached hydrogens (tertiary/aromatic N) is 5. The average Bonchev–Trinajstić information content (AvgIpc) is 3.52. The van der Waals surface area contributed by atoms with Crippen LogP contribution in [0.1, 0.15) is 61.3 Å². The van der Waals surface area contributed by atoms with Gasteiger partial charge in [0.2, 0.25) is 5.91 Å². The minimum atomic E-state index is -0.507. The van der Waals surface area contributed by atoms with Crippen LogP contribution in [0, 0.1) is 11.7 Å². The highest BCUT2D eigenvalue weighted by molar-refractivity contribution is 5.98. The largest absolute Gasteiger partial charge is 0.330 e. The van der Waals surface area contributed by atoms with E-state index in [1.54, 1.807) is 15.5 Å². The Kier molecular flexibility index (Phi) is 5.66. The topological polar surface area (TPSA) is 102 Å². The lowest BCUT2D eigenvalue weighted by atomic mass is 10.1. The second kappa shape index (κ2) is 8.66. The molecule has 4 heterocycles. The first kappa shape index (κ1) is 22.2. The molecule has 3 aromatic heterocycles. The number of rotatable bonds is 6. The van der Waals surface area contributed by atoms with E-state index in [-0.39, 0.29) is 42.1 Å². The van der Waals surface area contributed by atoms with Crippen LogP contribution >= 0.6 is 0 Å². The van der Waals surface area contributed by atoms with Crippen LogP contribution in [0.15, 0.2) is 29.2 Å². The van der Waals surface area contributed by atoms with Gasteiger partial charge in [-0.25, -0.2) is 9.37 Å². The Morgan fingerprint density at radius 2 is 2.00 bits per heavy atom. The number of amides is 2. The van der Waals surface area contributed by atoms with Gasteiger partial charge in [0.25, 0.3) is 11.5 Å². The smallest absolute Gasteiger partial charge is 0.280 e. The van der Waals surface area contributed by atoms with E-state index in [2.05, 4.69) is 29.2 Å². The number of anilines is 1. The number of halogens is 1. The maximum absolute atomic E-state index is 13.5. The van der Waals surface area contributed by atoms with Crippen LogP contribution < -0.4 is 10.9 Å². The number of aromatic nitrogens is 4. The van der Waals surface area contributed by atoms with Crippen molar-refractivity contribution < 1.29 is 14.0 Å². The fraction of sp³-hybridized carbons (Fsp3) is 0.458. The molecule has 0 aromatic carbocycles. The van der Waals surface area contributed by atoms with Crippen LogP contribution in [0.5, 0.6) is 0 Å². The quantitative estimate of drug-likeness (QED) is 0.602. The van der Waals surface area contributed by atoms with Gasteiger partial charge in [-0.2, -0.15) is 9.61 Å². The molecule has 1 fully saturated rings.